The first kappa shape index (κ1) is 20.8. The number of rotatable bonds is 9. The van der Waals surface area contributed by atoms with E-state index in [-0.39, 0.29) is 19.7 Å². The molecular formula is C21H21N3O6. The zero-order valence-corrected chi connectivity index (χ0v) is 16.4. The molecule has 2 aromatic rings. The Hall–Kier alpha value is -3.88. The summed E-state index contributed by atoms with van der Waals surface area (Å²) in [6.45, 7) is -0.264. The fourth-order valence-corrected chi connectivity index (χ4v) is 2.88. The second kappa shape index (κ2) is 9.55. The quantitative estimate of drug-likeness (QED) is 0.377. The molecule has 0 saturated carbocycles. The maximum atomic E-state index is 12.4. The Kier molecular flexibility index (Phi) is 6.63. The highest BCUT2D eigenvalue weighted by Crippen LogP contribution is 2.25. The molecule has 156 valence electrons. The number of nitrogens with one attached hydrogen (secondary N) is 1. The second-order valence-corrected chi connectivity index (χ2v) is 6.40. The zero-order chi connectivity index (χ0) is 21.5. The number of benzene rings is 2. The Morgan fingerprint density at radius 2 is 1.53 bits per heavy atom. The number of imide groups is 2. The third kappa shape index (κ3) is 4.75. The van der Waals surface area contributed by atoms with Crippen LogP contribution in [0.5, 0.6) is 11.5 Å². The first-order chi connectivity index (χ1) is 14.5. The number of carbonyl (C=O) groups is 4. The summed E-state index contributed by atoms with van der Waals surface area (Å²) in [5.74, 6) is -1.45. The number of nitrogens with zero attached hydrogens (tertiary/aromatic N) is 2. The number of hydrogen-bond acceptors (Lipinski definition) is 6. The lowest BCUT2D eigenvalue weighted by Crippen LogP contribution is -2.42. The third-order valence-electron chi connectivity index (χ3n) is 4.37. The first-order valence-corrected chi connectivity index (χ1v) is 9.25. The molecule has 0 unspecified atom stereocenters. The van der Waals surface area contributed by atoms with E-state index in [9.17, 15) is 19.2 Å². The van der Waals surface area contributed by atoms with Crippen LogP contribution in [0.15, 0.2) is 54.6 Å². The van der Waals surface area contributed by atoms with Gasteiger partial charge in [-0.15, -0.1) is 0 Å². The first-order valence-electron chi connectivity index (χ1n) is 9.25. The van der Waals surface area contributed by atoms with Crippen LogP contribution in [0.25, 0.3) is 0 Å². The monoisotopic (exact) mass is 411 g/mol. The minimum atomic E-state index is -1.02. The van der Waals surface area contributed by atoms with Crippen LogP contribution in [0.4, 0.5) is 4.79 Å². The molecule has 0 bridgehead atoms. The Labute approximate surface area is 173 Å². The fourth-order valence-electron chi connectivity index (χ4n) is 2.88. The van der Waals surface area contributed by atoms with Gasteiger partial charge in [0.05, 0.1) is 20.2 Å². The molecule has 30 heavy (non-hydrogen) atoms. The molecule has 0 spiro atoms. The van der Waals surface area contributed by atoms with Crippen LogP contribution in [-0.2, 0) is 20.9 Å². The molecule has 9 heteroatoms. The summed E-state index contributed by atoms with van der Waals surface area (Å²) in [6, 6.07) is 15.1. The smallest absolute Gasteiger partial charge is 0.335 e. The standard InChI is InChI=1S/C21H21N3O6/c1-29-16-9-5-6-10-17(16)30-12-11-22-18(25)14-24-20(27)19(26)23(21(24)28)13-15-7-3-2-4-8-15/h2-10H,11-14H2,1H3,(H,22,25). The van der Waals surface area contributed by atoms with Gasteiger partial charge < -0.3 is 14.8 Å². The van der Waals surface area contributed by atoms with Crippen LogP contribution in [0.1, 0.15) is 5.56 Å². The molecular weight excluding hydrogens is 390 g/mol. The number of methoxy groups -OCH3 is 1. The average molecular weight is 411 g/mol. The summed E-state index contributed by atoms with van der Waals surface area (Å²) in [6.07, 6.45) is 0. The molecule has 0 radical (unpaired) electrons. The molecule has 1 aliphatic rings. The van der Waals surface area contributed by atoms with E-state index in [1.165, 1.54) is 7.11 Å². The van der Waals surface area contributed by atoms with Crippen molar-refractivity contribution in [3.63, 3.8) is 0 Å². The van der Waals surface area contributed by atoms with E-state index in [2.05, 4.69) is 5.32 Å². The van der Waals surface area contributed by atoms with E-state index < -0.39 is 30.3 Å². The Balaban J connectivity index is 1.49. The summed E-state index contributed by atoms with van der Waals surface area (Å²) < 4.78 is 10.7. The Bertz CT molecular complexity index is 947. The van der Waals surface area contributed by atoms with Gasteiger partial charge in [-0.25, -0.2) is 9.69 Å². The maximum absolute atomic E-state index is 12.4. The minimum absolute atomic E-state index is 0.0326. The van der Waals surface area contributed by atoms with E-state index >= 15 is 0 Å². The van der Waals surface area contributed by atoms with Crippen molar-refractivity contribution in [3.8, 4) is 11.5 Å². The fraction of sp³-hybridized carbons (Fsp3) is 0.238. The van der Waals surface area contributed by atoms with Gasteiger partial charge in [0, 0.05) is 0 Å². The van der Waals surface area contributed by atoms with Crippen LogP contribution in [0, 0.1) is 0 Å². The van der Waals surface area contributed by atoms with Crippen molar-refractivity contribution in [1.29, 1.82) is 0 Å². The molecule has 0 aliphatic carbocycles. The average Bonchev–Trinajstić information content (AvgIpc) is 2.96. The summed E-state index contributed by atoms with van der Waals surface area (Å²) in [4.78, 5) is 50.3. The van der Waals surface area contributed by atoms with Crippen molar-refractivity contribution >= 4 is 23.8 Å². The van der Waals surface area contributed by atoms with Crippen LogP contribution < -0.4 is 14.8 Å². The molecule has 1 heterocycles. The highest BCUT2D eigenvalue weighted by Gasteiger charge is 2.45. The molecule has 3 rings (SSSR count). The Morgan fingerprint density at radius 3 is 2.23 bits per heavy atom. The van der Waals surface area contributed by atoms with Gasteiger partial charge in [0.15, 0.2) is 11.5 Å². The molecule has 0 aromatic heterocycles. The molecule has 1 aliphatic heterocycles. The summed E-state index contributed by atoms with van der Waals surface area (Å²) in [7, 11) is 1.52. The van der Waals surface area contributed by atoms with E-state index in [0.29, 0.717) is 22.0 Å². The summed E-state index contributed by atoms with van der Waals surface area (Å²) >= 11 is 0. The molecule has 9 nitrogen and oxygen atoms in total. The highest BCUT2D eigenvalue weighted by atomic mass is 16.5. The molecule has 1 fully saturated rings. The van der Waals surface area contributed by atoms with Crippen LogP contribution in [0.2, 0.25) is 0 Å². The number of amides is 5. The number of para-hydroxylation sites is 2. The van der Waals surface area contributed by atoms with E-state index in [1.807, 2.05) is 0 Å². The number of urea groups is 1. The number of hydrogen-bond donors (Lipinski definition) is 1. The van der Waals surface area contributed by atoms with Crippen molar-refractivity contribution in [2.45, 2.75) is 6.54 Å². The van der Waals surface area contributed by atoms with Crippen LogP contribution >= 0.6 is 0 Å². The molecule has 0 atom stereocenters. The van der Waals surface area contributed by atoms with Crippen LogP contribution in [-0.4, -0.2) is 60.4 Å². The SMILES string of the molecule is COc1ccccc1OCCNC(=O)CN1C(=O)C(=O)N(Cc2ccccc2)C1=O. The van der Waals surface area contributed by atoms with Gasteiger partial charge in [0.1, 0.15) is 13.2 Å². The molecule has 5 amide bonds. The molecule has 2 aromatic carbocycles. The second-order valence-electron chi connectivity index (χ2n) is 6.40. The van der Waals surface area contributed by atoms with Gasteiger partial charge in [-0.2, -0.15) is 0 Å². The third-order valence-corrected chi connectivity index (χ3v) is 4.37. The number of ether oxygens (including phenoxy) is 2. The number of carbonyl (C=O) groups excluding carboxylic acids is 4. The van der Waals surface area contributed by atoms with Gasteiger partial charge in [-0.3, -0.25) is 19.3 Å². The minimum Gasteiger partial charge on any atom is -0.493 e. The van der Waals surface area contributed by atoms with E-state index in [4.69, 9.17) is 9.47 Å². The molecule has 1 saturated heterocycles. The summed E-state index contributed by atoms with van der Waals surface area (Å²) in [5, 5.41) is 2.56. The lowest BCUT2D eigenvalue weighted by molar-refractivity contribution is -0.144. The largest absolute Gasteiger partial charge is 0.493 e. The van der Waals surface area contributed by atoms with Gasteiger partial charge in [-0.1, -0.05) is 42.5 Å². The summed E-state index contributed by atoms with van der Waals surface area (Å²) in [5.41, 5.74) is 0.701. The van der Waals surface area contributed by atoms with Crippen molar-refractivity contribution < 1.29 is 28.7 Å². The van der Waals surface area contributed by atoms with Crippen molar-refractivity contribution in [1.82, 2.24) is 15.1 Å². The highest BCUT2D eigenvalue weighted by molar-refractivity contribution is 6.44. The molecule has 1 N–H and O–H groups in total. The lowest BCUT2D eigenvalue weighted by Gasteiger charge is -2.15. The maximum Gasteiger partial charge on any atom is 0.335 e. The van der Waals surface area contributed by atoms with Gasteiger partial charge in [-0.05, 0) is 17.7 Å². The van der Waals surface area contributed by atoms with Crippen molar-refractivity contribution in [2.24, 2.45) is 0 Å². The Morgan fingerprint density at radius 1 is 0.900 bits per heavy atom. The van der Waals surface area contributed by atoms with Crippen molar-refractivity contribution in [3.05, 3.63) is 60.2 Å². The normalized spacial score (nSPS) is 13.6. The van der Waals surface area contributed by atoms with Crippen LogP contribution in [0.3, 0.4) is 0 Å². The predicted molar refractivity (Wildman–Crippen MR) is 106 cm³/mol. The van der Waals surface area contributed by atoms with Gasteiger partial charge >= 0.3 is 17.8 Å². The van der Waals surface area contributed by atoms with Crippen molar-refractivity contribution in [2.75, 3.05) is 26.8 Å². The lowest BCUT2D eigenvalue weighted by atomic mass is 10.2. The van der Waals surface area contributed by atoms with E-state index in [0.717, 1.165) is 4.90 Å². The van der Waals surface area contributed by atoms with E-state index in [1.54, 1.807) is 54.6 Å². The van der Waals surface area contributed by atoms with Gasteiger partial charge in [0.2, 0.25) is 5.91 Å². The topological polar surface area (TPSA) is 105 Å². The zero-order valence-electron chi connectivity index (χ0n) is 16.4. The predicted octanol–water partition coefficient (Wildman–Crippen LogP) is 1.18. The van der Waals surface area contributed by atoms with Gasteiger partial charge in [0.25, 0.3) is 0 Å².